The number of carboxylic acid groups (broad SMARTS) is 1. The SMILES string of the molecule is NC1(C(=O)N(CC(=O)O)C2CCCC2)CCCCC1. The van der Waals surface area contributed by atoms with Gasteiger partial charge in [-0.15, -0.1) is 0 Å². The van der Waals surface area contributed by atoms with E-state index in [2.05, 4.69) is 0 Å². The topological polar surface area (TPSA) is 83.6 Å². The van der Waals surface area contributed by atoms with Crippen molar-refractivity contribution < 1.29 is 14.7 Å². The van der Waals surface area contributed by atoms with Gasteiger partial charge in [0.15, 0.2) is 0 Å². The van der Waals surface area contributed by atoms with Gasteiger partial charge in [0.1, 0.15) is 6.54 Å². The Kier molecular flexibility index (Phi) is 4.45. The van der Waals surface area contributed by atoms with E-state index in [9.17, 15) is 9.59 Å². The summed E-state index contributed by atoms with van der Waals surface area (Å²) in [7, 11) is 0. The number of amides is 1. The van der Waals surface area contributed by atoms with Crippen LogP contribution in [0.2, 0.25) is 0 Å². The quantitative estimate of drug-likeness (QED) is 0.809. The van der Waals surface area contributed by atoms with Crippen molar-refractivity contribution in [2.75, 3.05) is 6.54 Å². The van der Waals surface area contributed by atoms with Crippen LogP contribution in [-0.4, -0.2) is 40.0 Å². The molecule has 5 heteroatoms. The van der Waals surface area contributed by atoms with E-state index >= 15 is 0 Å². The molecule has 2 aliphatic carbocycles. The summed E-state index contributed by atoms with van der Waals surface area (Å²) in [4.78, 5) is 25.2. The maximum absolute atomic E-state index is 12.7. The number of aliphatic carboxylic acids is 1. The Labute approximate surface area is 114 Å². The molecule has 0 radical (unpaired) electrons. The number of rotatable bonds is 4. The van der Waals surface area contributed by atoms with Gasteiger partial charge < -0.3 is 15.7 Å². The molecule has 0 aromatic carbocycles. The number of carbonyl (C=O) groups excluding carboxylic acids is 1. The summed E-state index contributed by atoms with van der Waals surface area (Å²) in [5.74, 6) is -1.08. The summed E-state index contributed by atoms with van der Waals surface area (Å²) in [6.45, 7) is -0.206. The van der Waals surface area contributed by atoms with E-state index in [1.165, 1.54) is 0 Å². The molecule has 3 N–H and O–H groups in total. The summed E-state index contributed by atoms with van der Waals surface area (Å²) >= 11 is 0. The van der Waals surface area contributed by atoms with E-state index in [4.69, 9.17) is 10.8 Å². The molecule has 108 valence electrons. The number of hydrogen-bond donors (Lipinski definition) is 2. The van der Waals surface area contributed by atoms with Gasteiger partial charge in [-0.3, -0.25) is 9.59 Å². The molecular formula is C14H24N2O3. The summed E-state index contributed by atoms with van der Waals surface area (Å²) < 4.78 is 0. The van der Waals surface area contributed by atoms with Crippen molar-refractivity contribution in [1.82, 2.24) is 4.90 Å². The Hall–Kier alpha value is -1.10. The van der Waals surface area contributed by atoms with Crippen molar-refractivity contribution in [2.45, 2.75) is 69.4 Å². The van der Waals surface area contributed by atoms with Crippen LogP contribution in [0.25, 0.3) is 0 Å². The third-order valence-electron chi connectivity index (χ3n) is 4.50. The van der Waals surface area contributed by atoms with Crippen LogP contribution in [-0.2, 0) is 9.59 Å². The summed E-state index contributed by atoms with van der Waals surface area (Å²) in [5.41, 5.74) is 5.44. The molecule has 0 heterocycles. The Morgan fingerprint density at radius 1 is 1.11 bits per heavy atom. The highest BCUT2D eigenvalue weighted by Gasteiger charge is 2.41. The van der Waals surface area contributed by atoms with Gasteiger partial charge in [0.05, 0.1) is 5.54 Å². The van der Waals surface area contributed by atoms with Crippen LogP contribution in [0, 0.1) is 0 Å². The molecular weight excluding hydrogens is 244 g/mol. The molecule has 1 amide bonds. The molecule has 2 aliphatic rings. The summed E-state index contributed by atoms with van der Waals surface area (Å²) in [5, 5.41) is 9.04. The van der Waals surface area contributed by atoms with Crippen LogP contribution in [0.5, 0.6) is 0 Å². The van der Waals surface area contributed by atoms with E-state index in [0.29, 0.717) is 12.8 Å². The lowest BCUT2D eigenvalue weighted by Crippen LogP contribution is -2.59. The molecule has 2 rings (SSSR count). The molecule has 2 saturated carbocycles. The molecule has 2 fully saturated rings. The number of hydrogen-bond acceptors (Lipinski definition) is 3. The van der Waals surface area contributed by atoms with Gasteiger partial charge in [-0.05, 0) is 25.7 Å². The molecule has 0 aliphatic heterocycles. The van der Waals surface area contributed by atoms with Crippen LogP contribution in [0.4, 0.5) is 0 Å². The standard InChI is InChI=1S/C14H24N2O3/c15-14(8-4-1-5-9-14)13(19)16(10-12(17)18)11-6-2-3-7-11/h11H,1-10,15H2,(H,17,18). The highest BCUT2D eigenvalue weighted by atomic mass is 16.4. The minimum Gasteiger partial charge on any atom is -0.480 e. The molecule has 0 aromatic rings. The Morgan fingerprint density at radius 3 is 2.21 bits per heavy atom. The normalized spacial score (nSPS) is 23.2. The summed E-state index contributed by atoms with van der Waals surface area (Å²) in [6, 6.07) is 0.0750. The fraction of sp³-hybridized carbons (Fsp3) is 0.857. The van der Waals surface area contributed by atoms with Crippen molar-refractivity contribution in [3.8, 4) is 0 Å². The molecule has 19 heavy (non-hydrogen) atoms. The fourth-order valence-corrected chi connectivity index (χ4v) is 3.41. The highest BCUT2D eigenvalue weighted by Crippen LogP contribution is 2.31. The second kappa shape index (κ2) is 5.90. The van der Waals surface area contributed by atoms with Crippen molar-refractivity contribution in [2.24, 2.45) is 5.73 Å². The molecule has 5 nitrogen and oxygen atoms in total. The minimum absolute atomic E-state index is 0.0750. The van der Waals surface area contributed by atoms with Crippen LogP contribution in [0.15, 0.2) is 0 Å². The average molecular weight is 268 g/mol. The fourth-order valence-electron chi connectivity index (χ4n) is 3.41. The number of nitrogens with two attached hydrogens (primary N) is 1. The van der Waals surface area contributed by atoms with Gasteiger partial charge in [-0.25, -0.2) is 0 Å². The molecule has 0 atom stereocenters. The highest BCUT2D eigenvalue weighted by molar-refractivity contribution is 5.89. The third kappa shape index (κ3) is 3.26. The first-order chi connectivity index (χ1) is 9.03. The zero-order valence-corrected chi connectivity index (χ0v) is 11.4. The smallest absolute Gasteiger partial charge is 0.323 e. The largest absolute Gasteiger partial charge is 0.480 e. The van der Waals surface area contributed by atoms with Gasteiger partial charge in [0.2, 0.25) is 5.91 Å². The number of carbonyl (C=O) groups is 2. The number of nitrogens with zero attached hydrogens (tertiary/aromatic N) is 1. The molecule has 0 bridgehead atoms. The lowest BCUT2D eigenvalue weighted by molar-refractivity contribution is -0.149. The zero-order chi connectivity index (χ0) is 13.9. The van der Waals surface area contributed by atoms with Crippen LogP contribution in [0.3, 0.4) is 0 Å². The first-order valence-electron chi connectivity index (χ1n) is 7.35. The van der Waals surface area contributed by atoms with E-state index in [0.717, 1.165) is 44.9 Å². The van der Waals surface area contributed by atoms with E-state index in [-0.39, 0.29) is 18.5 Å². The predicted molar refractivity (Wildman–Crippen MR) is 71.6 cm³/mol. The first kappa shape index (κ1) is 14.3. The monoisotopic (exact) mass is 268 g/mol. The second-order valence-electron chi connectivity index (χ2n) is 5.98. The van der Waals surface area contributed by atoms with Crippen molar-refractivity contribution in [1.29, 1.82) is 0 Å². The van der Waals surface area contributed by atoms with E-state index < -0.39 is 11.5 Å². The molecule has 0 aromatic heterocycles. The average Bonchev–Trinajstić information content (AvgIpc) is 2.89. The molecule has 0 saturated heterocycles. The molecule has 0 spiro atoms. The Balaban J connectivity index is 2.11. The van der Waals surface area contributed by atoms with Crippen LogP contribution in [0.1, 0.15) is 57.8 Å². The second-order valence-corrected chi connectivity index (χ2v) is 5.98. The lowest BCUT2D eigenvalue weighted by atomic mass is 9.81. The maximum Gasteiger partial charge on any atom is 0.323 e. The van der Waals surface area contributed by atoms with E-state index in [1.807, 2.05) is 0 Å². The van der Waals surface area contributed by atoms with Crippen LogP contribution >= 0.6 is 0 Å². The van der Waals surface area contributed by atoms with Gasteiger partial charge >= 0.3 is 5.97 Å². The lowest BCUT2D eigenvalue weighted by Gasteiger charge is -2.38. The van der Waals surface area contributed by atoms with Crippen molar-refractivity contribution >= 4 is 11.9 Å². The Morgan fingerprint density at radius 2 is 1.68 bits per heavy atom. The summed E-state index contributed by atoms with van der Waals surface area (Å²) in [6.07, 6.45) is 8.40. The van der Waals surface area contributed by atoms with Gasteiger partial charge in [-0.2, -0.15) is 0 Å². The zero-order valence-electron chi connectivity index (χ0n) is 11.4. The maximum atomic E-state index is 12.7. The van der Waals surface area contributed by atoms with Crippen LogP contribution < -0.4 is 5.73 Å². The van der Waals surface area contributed by atoms with Gasteiger partial charge in [0.25, 0.3) is 0 Å². The molecule has 0 unspecified atom stereocenters. The Bertz CT molecular complexity index is 345. The van der Waals surface area contributed by atoms with Gasteiger partial charge in [0, 0.05) is 6.04 Å². The van der Waals surface area contributed by atoms with Crippen molar-refractivity contribution in [3.05, 3.63) is 0 Å². The predicted octanol–water partition coefficient (Wildman–Crippen LogP) is 1.50. The third-order valence-corrected chi connectivity index (χ3v) is 4.50. The first-order valence-corrected chi connectivity index (χ1v) is 7.35. The minimum atomic E-state index is -0.945. The van der Waals surface area contributed by atoms with E-state index in [1.54, 1.807) is 4.90 Å². The van der Waals surface area contributed by atoms with Crippen molar-refractivity contribution in [3.63, 3.8) is 0 Å². The van der Waals surface area contributed by atoms with Gasteiger partial charge in [-0.1, -0.05) is 32.1 Å². The number of carboxylic acids is 1.